The average Bonchev–Trinajstić information content (AvgIpc) is 3.43. The third-order valence-corrected chi connectivity index (χ3v) is 14.7. The molecule has 1 atom stereocenters. The average molecular weight is 1080 g/mol. The molecule has 6 heteroatoms. The van der Waals surface area contributed by atoms with Crippen LogP contribution in [0.1, 0.15) is 342 Å². The molecular formula is C71H126O6. The summed E-state index contributed by atoms with van der Waals surface area (Å²) in [6, 6.07) is 0. The van der Waals surface area contributed by atoms with Crippen LogP contribution in [0.5, 0.6) is 0 Å². The van der Waals surface area contributed by atoms with Gasteiger partial charge in [0.2, 0.25) is 0 Å². The maximum absolute atomic E-state index is 12.9. The van der Waals surface area contributed by atoms with Gasteiger partial charge in [0.05, 0.1) is 0 Å². The van der Waals surface area contributed by atoms with Gasteiger partial charge in [0.25, 0.3) is 0 Å². The Bertz CT molecular complexity index is 1420. The molecule has 0 fully saturated rings. The molecule has 446 valence electrons. The fraction of sp³-hybridized carbons (Fsp3) is 0.789. The van der Waals surface area contributed by atoms with E-state index in [1.165, 1.54) is 218 Å². The topological polar surface area (TPSA) is 78.9 Å². The molecule has 1 unspecified atom stereocenters. The molecule has 0 aliphatic heterocycles. The largest absolute Gasteiger partial charge is 0.462 e. The molecule has 0 rings (SSSR count). The predicted octanol–water partition coefficient (Wildman–Crippen LogP) is 22.9. The summed E-state index contributed by atoms with van der Waals surface area (Å²) in [7, 11) is 0. The van der Waals surface area contributed by atoms with Crippen molar-refractivity contribution in [3.8, 4) is 0 Å². The molecule has 0 aromatic carbocycles. The third-order valence-electron chi connectivity index (χ3n) is 14.7. The van der Waals surface area contributed by atoms with Crippen molar-refractivity contribution in [1.82, 2.24) is 0 Å². The van der Waals surface area contributed by atoms with E-state index in [1.54, 1.807) is 0 Å². The smallest absolute Gasteiger partial charge is 0.306 e. The van der Waals surface area contributed by atoms with E-state index in [0.717, 1.165) is 83.5 Å². The highest BCUT2D eigenvalue weighted by Crippen LogP contribution is 2.17. The fourth-order valence-electron chi connectivity index (χ4n) is 9.59. The van der Waals surface area contributed by atoms with Crippen molar-refractivity contribution in [2.45, 2.75) is 348 Å². The van der Waals surface area contributed by atoms with Gasteiger partial charge in [-0.1, -0.05) is 280 Å². The van der Waals surface area contributed by atoms with E-state index in [0.29, 0.717) is 19.3 Å². The Kier molecular flexibility index (Phi) is 62.7. The first kappa shape index (κ1) is 73.8. The number of hydrogen-bond donors (Lipinski definition) is 0. The van der Waals surface area contributed by atoms with Crippen LogP contribution >= 0.6 is 0 Å². The Morgan fingerprint density at radius 2 is 0.468 bits per heavy atom. The van der Waals surface area contributed by atoms with Crippen molar-refractivity contribution in [2.24, 2.45) is 0 Å². The summed E-state index contributed by atoms with van der Waals surface area (Å²) in [5.74, 6) is -0.878. The molecule has 0 bridgehead atoms. The Morgan fingerprint density at radius 3 is 0.779 bits per heavy atom. The van der Waals surface area contributed by atoms with Gasteiger partial charge in [-0.3, -0.25) is 14.4 Å². The number of unbranched alkanes of at least 4 members (excludes halogenated alkanes) is 38. The molecule has 0 aromatic heterocycles. The van der Waals surface area contributed by atoms with Crippen molar-refractivity contribution in [1.29, 1.82) is 0 Å². The molecule has 0 aliphatic rings. The molecule has 0 saturated heterocycles. The Labute approximate surface area is 478 Å². The summed E-state index contributed by atoms with van der Waals surface area (Å²) in [6.45, 7) is 6.62. The van der Waals surface area contributed by atoms with Crippen molar-refractivity contribution >= 4 is 17.9 Å². The second-order valence-corrected chi connectivity index (χ2v) is 22.4. The summed E-state index contributed by atoms with van der Waals surface area (Å²) in [5.41, 5.74) is 0. The number of carbonyl (C=O) groups excluding carboxylic acids is 3. The zero-order chi connectivity index (χ0) is 55.7. The summed E-state index contributed by atoms with van der Waals surface area (Å²) in [5, 5.41) is 0. The SMILES string of the molecule is CCCCC/C=C\C/C=C\CCCCCCCCCCCC(=O)OC(COC(=O)CCCCCCC/C=C\CCCCCC)COC(=O)CCCCCCCCCCCCCC/C=C\C/C=C\C/C=C\CCCCCCC. The van der Waals surface area contributed by atoms with E-state index in [-0.39, 0.29) is 31.1 Å². The predicted molar refractivity (Wildman–Crippen MR) is 335 cm³/mol. The third kappa shape index (κ3) is 63.6. The molecule has 6 nitrogen and oxygen atoms in total. The number of esters is 3. The molecule has 0 aromatic rings. The van der Waals surface area contributed by atoms with E-state index < -0.39 is 6.10 Å². The summed E-state index contributed by atoms with van der Waals surface area (Å²) < 4.78 is 16.9. The van der Waals surface area contributed by atoms with Gasteiger partial charge in [-0.05, 0) is 116 Å². The molecular weight excluding hydrogens is 949 g/mol. The number of hydrogen-bond acceptors (Lipinski definition) is 6. The lowest BCUT2D eigenvalue weighted by Crippen LogP contribution is -2.30. The van der Waals surface area contributed by atoms with Gasteiger partial charge in [-0.2, -0.15) is 0 Å². The van der Waals surface area contributed by atoms with E-state index in [1.807, 2.05) is 0 Å². The molecule has 0 radical (unpaired) electrons. The number of rotatable bonds is 61. The first-order valence-corrected chi connectivity index (χ1v) is 33.4. The van der Waals surface area contributed by atoms with E-state index in [2.05, 4.69) is 93.7 Å². The number of ether oxygens (including phenoxy) is 3. The quantitative estimate of drug-likeness (QED) is 0.0261. The number of carbonyl (C=O) groups is 3. The zero-order valence-corrected chi connectivity index (χ0v) is 51.2. The van der Waals surface area contributed by atoms with Gasteiger partial charge >= 0.3 is 17.9 Å². The van der Waals surface area contributed by atoms with Crippen LogP contribution in [-0.2, 0) is 28.6 Å². The van der Waals surface area contributed by atoms with Crippen molar-refractivity contribution in [3.05, 3.63) is 72.9 Å². The van der Waals surface area contributed by atoms with Crippen LogP contribution in [-0.4, -0.2) is 37.2 Å². The van der Waals surface area contributed by atoms with Crippen LogP contribution in [0.25, 0.3) is 0 Å². The van der Waals surface area contributed by atoms with Crippen LogP contribution < -0.4 is 0 Å². The lowest BCUT2D eigenvalue weighted by molar-refractivity contribution is -0.167. The lowest BCUT2D eigenvalue weighted by Gasteiger charge is -2.18. The molecule has 0 N–H and O–H groups in total. The van der Waals surface area contributed by atoms with Crippen molar-refractivity contribution < 1.29 is 28.6 Å². The summed E-state index contributed by atoms with van der Waals surface area (Å²) in [6.07, 6.45) is 84.8. The normalized spacial score (nSPS) is 12.5. The van der Waals surface area contributed by atoms with Crippen LogP contribution in [0.3, 0.4) is 0 Å². The highest BCUT2D eigenvalue weighted by molar-refractivity contribution is 5.71. The molecule has 0 aliphatic carbocycles. The highest BCUT2D eigenvalue weighted by Gasteiger charge is 2.19. The summed E-state index contributed by atoms with van der Waals surface area (Å²) >= 11 is 0. The first-order valence-electron chi connectivity index (χ1n) is 33.4. The first-order chi connectivity index (χ1) is 38.0. The minimum Gasteiger partial charge on any atom is -0.462 e. The van der Waals surface area contributed by atoms with E-state index in [9.17, 15) is 14.4 Å². The molecule has 77 heavy (non-hydrogen) atoms. The van der Waals surface area contributed by atoms with Crippen molar-refractivity contribution in [3.63, 3.8) is 0 Å². The van der Waals surface area contributed by atoms with Gasteiger partial charge in [-0.15, -0.1) is 0 Å². The monoisotopic (exact) mass is 1070 g/mol. The van der Waals surface area contributed by atoms with Gasteiger partial charge in [-0.25, -0.2) is 0 Å². The lowest BCUT2D eigenvalue weighted by atomic mass is 10.0. The van der Waals surface area contributed by atoms with Crippen molar-refractivity contribution in [2.75, 3.05) is 13.2 Å². The van der Waals surface area contributed by atoms with E-state index in [4.69, 9.17) is 14.2 Å². The molecule has 0 heterocycles. The minimum absolute atomic E-state index is 0.0788. The Balaban J connectivity index is 4.28. The zero-order valence-electron chi connectivity index (χ0n) is 51.2. The minimum atomic E-state index is -0.783. The molecule has 0 spiro atoms. The van der Waals surface area contributed by atoms with E-state index >= 15 is 0 Å². The Morgan fingerprint density at radius 1 is 0.260 bits per heavy atom. The standard InChI is InChI=1S/C71H126O6/c1-4-7-10-13-16-19-22-25-27-29-31-32-33-34-35-36-37-38-40-41-43-46-49-52-55-58-61-64-70(73)76-67-68(66-75-69(72)63-60-57-54-51-48-45-24-21-18-15-12-9-6-3)77-71(74)65-62-59-56-53-50-47-44-42-39-30-28-26-23-20-17-14-11-8-5-2/h17,20-22,24-26,28-29,31,33-34,68H,4-16,18-19,23,27,30,32,35-67H2,1-3H3/b20-17-,24-21-,25-22-,28-26-,31-29-,34-33-. The Hall–Kier alpha value is -3.15. The fourth-order valence-corrected chi connectivity index (χ4v) is 9.59. The maximum atomic E-state index is 12.9. The summed E-state index contributed by atoms with van der Waals surface area (Å²) in [4.78, 5) is 38.3. The van der Waals surface area contributed by atoms with Gasteiger partial charge in [0.15, 0.2) is 6.10 Å². The van der Waals surface area contributed by atoms with Crippen LogP contribution in [0.2, 0.25) is 0 Å². The van der Waals surface area contributed by atoms with Gasteiger partial charge < -0.3 is 14.2 Å². The number of allylic oxidation sites excluding steroid dienone is 12. The second kappa shape index (κ2) is 65.4. The van der Waals surface area contributed by atoms with Crippen LogP contribution in [0, 0.1) is 0 Å². The van der Waals surface area contributed by atoms with Gasteiger partial charge in [0.1, 0.15) is 13.2 Å². The second-order valence-electron chi connectivity index (χ2n) is 22.4. The maximum Gasteiger partial charge on any atom is 0.306 e. The van der Waals surface area contributed by atoms with Crippen LogP contribution in [0.15, 0.2) is 72.9 Å². The van der Waals surface area contributed by atoms with Gasteiger partial charge in [0, 0.05) is 19.3 Å². The van der Waals surface area contributed by atoms with Crippen LogP contribution in [0.4, 0.5) is 0 Å². The highest BCUT2D eigenvalue weighted by atomic mass is 16.6. The molecule has 0 amide bonds. The molecule has 0 saturated carbocycles.